The van der Waals surface area contributed by atoms with Crippen LogP contribution < -0.4 is 0 Å². The Balaban J connectivity index is 1.57. The molecule has 2 amide bonds. The van der Waals surface area contributed by atoms with E-state index >= 15 is 0 Å². The highest BCUT2D eigenvalue weighted by Gasteiger charge is 2.23. The highest BCUT2D eigenvalue weighted by Crippen LogP contribution is 2.18. The van der Waals surface area contributed by atoms with E-state index in [-0.39, 0.29) is 18.4 Å². The van der Waals surface area contributed by atoms with Gasteiger partial charge in [-0.3, -0.25) is 9.59 Å². The van der Waals surface area contributed by atoms with E-state index in [0.717, 1.165) is 22.0 Å². The quantitative estimate of drug-likeness (QED) is 0.286. The number of benzene rings is 3. The van der Waals surface area contributed by atoms with Crippen LogP contribution in [0, 0.1) is 0 Å². The number of hydrogen-bond acceptors (Lipinski definition) is 3. The Hall–Kier alpha value is -3.90. The average Bonchev–Trinajstić information content (AvgIpc) is 3.31. The number of aryl methyl sites for hydroxylation is 1. The minimum atomic E-state index is -0.149. The number of methoxy groups -OCH3 is 1. The molecule has 6 nitrogen and oxygen atoms in total. The molecule has 0 bridgehead atoms. The van der Waals surface area contributed by atoms with E-state index in [9.17, 15) is 9.59 Å². The second-order valence-corrected chi connectivity index (χ2v) is 8.98. The highest BCUT2D eigenvalue weighted by molar-refractivity contribution is 6.00. The fourth-order valence-electron chi connectivity index (χ4n) is 4.31. The minimum absolute atomic E-state index is 0.00658. The lowest BCUT2D eigenvalue weighted by atomic mass is 10.1. The first-order valence-corrected chi connectivity index (χ1v) is 12.2. The lowest BCUT2D eigenvalue weighted by Gasteiger charge is -2.28. The van der Waals surface area contributed by atoms with Gasteiger partial charge >= 0.3 is 0 Å². The van der Waals surface area contributed by atoms with Gasteiger partial charge in [0, 0.05) is 51.3 Å². The van der Waals surface area contributed by atoms with Crippen LogP contribution in [-0.2, 0) is 29.7 Å². The summed E-state index contributed by atoms with van der Waals surface area (Å²) in [5.74, 6) is -0.240. The fourth-order valence-corrected chi connectivity index (χ4v) is 4.31. The SMILES string of the molecule is COCCCN(CC(=O)N(Cc1ccccc1)Cc1cccn1C)C(=O)c1ccc2ccccc2c1. The maximum Gasteiger partial charge on any atom is 0.254 e. The van der Waals surface area contributed by atoms with Gasteiger partial charge in [0.15, 0.2) is 0 Å². The zero-order valence-electron chi connectivity index (χ0n) is 21.0. The van der Waals surface area contributed by atoms with Gasteiger partial charge in [0.2, 0.25) is 5.91 Å². The number of rotatable bonds is 11. The Labute approximate surface area is 212 Å². The smallest absolute Gasteiger partial charge is 0.254 e. The van der Waals surface area contributed by atoms with Crippen LogP contribution in [0.25, 0.3) is 10.8 Å². The second kappa shape index (κ2) is 12.2. The van der Waals surface area contributed by atoms with Gasteiger partial charge in [0.1, 0.15) is 6.54 Å². The molecule has 0 aliphatic heterocycles. The predicted octanol–water partition coefficient (Wildman–Crippen LogP) is 4.89. The first-order valence-electron chi connectivity index (χ1n) is 12.2. The van der Waals surface area contributed by atoms with Crippen molar-refractivity contribution in [3.8, 4) is 0 Å². The zero-order valence-corrected chi connectivity index (χ0v) is 21.0. The number of aromatic nitrogens is 1. The number of carbonyl (C=O) groups excluding carboxylic acids is 2. The first kappa shape index (κ1) is 25.2. The summed E-state index contributed by atoms with van der Waals surface area (Å²) in [5.41, 5.74) is 2.66. The second-order valence-electron chi connectivity index (χ2n) is 8.98. The van der Waals surface area contributed by atoms with Crippen LogP contribution in [0.1, 0.15) is 28.0 Å². The van der Waals surface area contributed by atoms with Crippen molar-refractivity contribution in [2.45, 2.75) is 19.5 Å². The Kier molecular flexibility index (Phi) is 8.53. The Morgan fingerprint density at radius 2 is 1.58 bits per heavy atom. The van der Waals surface area contributed by atoms with E-state index in [1.54, 1.807) is 12.0 Å². The molecule has 36 heavy (non-hydrogen) atoms. The van der Waals surface area contributed by atoms with E-state index in [1.807, 2.05) is 108 Å². The van der Waals surface area contributed by atoms with E-state index in [4.69, 9.17) is 4.74 Å². The third-order valence-corrected chi connectivity index (χ3v) is 6.36. The maximum atomic E-state index is 13.7. The molecule has 1 aromatic heterocycles. The van der Waals surface area contributed by atoms with Crippen LogP contribution in [0.3, 0.4) is 0 Å². The number of amides is 2. The Bertz CT molecular complexity index is 1300. The molecule has 0 saturated carbocycles. The molecule has 0 radical (unpaired) electrons. The van der Waals surface area contributed by atoms with Crippen LogP contribution in [0.5, 0.6) is 0 Å². The van der Waals surface area contributed by atoms with Crippen molar-refractivity contribution in [3.63, 3.8) is 0 Å². The van der Waals surface area contributed by atoms with Gasteiger partial charge < -0.3 is 19.1 Å². The van der Waals surface area contributed by atoms with E-state index in [2.05, 4.69) is 0 Å². The molecule has 0 aliphatic carbocycles. The number of carbonyl (C=O) groups is 2. The fraction of sp³-hybridized carbons (Fsp3) is 0.267. The molecule has 4 rings (SSSR count). The summed E-state index contributed by atoms with van der Waals surface area (Å²) in [5, 5.41) is 2.08. The molecule has 0 spiro atoms. The molecule has 0 fully saturated rings. The van der Waals surface area contributed by atoms with Crippen molar-refractivity contribution in [2.75, 3.05) is 26.8 Å². The van der Waals surface area contributed by atoms with Crippen LogP contribution in [-0.4, -0.2) is 53.0 Å². The van der Waals surface area contributed by atoms with Crippen LogP contribution in [0.4, 0.5) is 0 Å². The minimum Gasteiger partial charge on any atom is -0.385 e. The summed E-state index contributed by atoms with van der Waals surface area (Å²) in [4.78, 5) is 30.7. The summed E-state index contributed by atoms with van der Waals surface area (Å²) in [6, 6.07) is 27.6. The lowest BCUT2D eigenvalue weighted by molar-refractivity contribution is -0.133. The molecular weight excluding hydrogens is 450 g/mol. The lowest BCUT2D eigenvalue weighted by Crippen LogP contribution is -2.43. The standard InChI is InChI=1S/C30H33N3O3/c1-31-17-8-14-28(31)22-33(21-24-10-4-3-5-11-24)29(34)23-32(18-9-19-36-2)30(35)27-16-15-25-12-6-7-13-26(25)20-27/h3-8,10-17,20H,9,18-19,21-23H2,1-2H3. The van der Waals surface area contributed by atoms with Gasteiger partial charge in [0.05, 0.1) is 6.54 Å². The maximum absolute atomic E-state index is 13.7. The number of nitrogens with zero attached hydrogens (tertiary/aromatic N) is 3. The topological polar surface area (TPSA) is 54.8 Å². The van der Waals surface area contributed by atoms with E-state index in [1.165, 1.54) is 0 Å². The van der Waals surface area contributed by atoms with Gasteiger partial charge in [-0.1, -0.05) is 60.7 Å². The molecule has 186 valence electrons. The average molecular weight is 484 g/mol. The van der Waals surface area contributed by atoms with Crippen LogP contribution in [0.15, 0.2) is 91.1 Å². The Morgan fingerprint density at radius 3 is 2.31 bits per heavy atom. The van der Waals surface area contributed by atoms with Gasteiger partial charge in [0.25, 0.3) is 5.91 Å². The third kappa shape index (κ3) is 6.40. The summed E-state index contributed by atoms with van der Waals surface area (Å²) >= 11 is 0. The third-order valence-electron chi connectivity index (χ3n) is 6.36. The molecule has 0 saturated heterocycles. The van der Waals surface area contributed by atoms with Crippen molar-refractivity contribution >= 4 is 22.6 Å². The number of fused-ring (bicyclic) bond motifs is 1. The molecule has 3 aromatic carbocycles. The van der Waals surface area contributed by atoms with Crippen molar-refractivity contribution in [1.29, 1.82) is 0 Å². The molecule has 0 aliphatic rings. The summed E-state index contributed by atoms with van der Waals surface area (Å²) in [6.07, 6.45) is 2.63. The van der Waals surface area contributed by atoms with Gasteiger partial charge in [-0.2, -0.15) is 0 Å². The van der Waals surface area contributed by atoms with E-state index < -0.39 is 0 Å². The van der Waals surface area contributed by atoms with Gasteiger partial charge in [-0.15, -0.1) is 0 Å². The summed E-state index contributed by atoms with van der Waals surface area (Å²) in [6.45, 7) is 1.90. The van der Waals surface area contributed by atoms with Crippen molar-refractivity contribution in [2.24, 2.45) is 7.05 Å². The monoisotopic (exact) mass is 483 g/mol. The first-order chi connectivity index (χ1) is 17.5. The summed E-state index contributed by atoms with van der Waals surface area (Å²) < 4.78 is 7.23. The van der Waals surface area contributed by atoms with Crippen molar-refractivity contribution in [3.05, 3.63) is 108 Å². The zero-order chi connectivity index (χ0) is 25.3. The normalized spacial score (nSPS) is 10.9. The predicted molar refractivity (Wildman–Crippen MR) is 142 cm³/mol. The molecule has 4 aromatic rings. The van der Waals surface area contributed by atoms with Crippen molar-refractivity contribution in [1.82, 2.24) is 14.4 Å². The van der Waals surface area contributed by atoms with Crippen LogP contribution >= 0.6 is 0 Å². The molecule has 0 atom stereocenters. The Morgan fingerprint density at radius 1 is 0.833 bits per heavy atom. The number of hydrogen-bond donors (Lipinski definition) is 0. The van der Waals surface area contributed by atoms with Gasteiger partial charge in [-0.05, 0) is 47.0 Å². The molecular formula is C30H33N3O3. The molecule has 6 heteroatoms. The largest absolute Gasteiger partial charge is 0.385 e. The molecule has 0 unspecified atom stereocenters. The highest BCUT2D eigenvalue weighted by atomic mass is 16.5. The molecule has 1 heterocycles. The van der Waals surface area contributed by atoms with E-state index in [0.29, 0.717) is 38.2 Å². The summed E-state index contributed by atoms with van der Waals surface area (Å²) in [7, 11) is 3.61. The molecule has 0 N–H and O–H groups in total. The number of ether oxygens (including phenoxy) is 1. The van der Waals surface area contributed by atoms with Crippen molar-refractivity contribution < 1.29 is 14.3 Å². The van der Waals surface area contributed by atoms with Gasteiger partial charge in [-0.25, -0.2) is 0 Å². The van der Waals surface area contributed by atoms with Crippen LogP contribution in [0.2, 0.25) is 0 Å².